The van der Waals surface area contributed by atoms with Gasteiger partial charge in [0.15, 0.2) is 0 Å². The van der Waals surface area contributed by atoms with Crippen LogP contribution in [0.3, 0.4) is 0 Å². The van der Waals surface area contributed by atoms with Crippen molar-refractivity contribution in [3.63, 3.8) is 0 Å². The quantitative estimate of drug-likeness (QED) is 0.748. The van der Waals surface area contributed by atoms with E-state index in [-0.39, 0.29) is 11.5 Å². The van der Waals surface area contributed by atoms with E-state index in [1.54, 1.807) is 18.2 Å². The molecular weight excluding hydrogens is 192 g/mol. The zero-order valence-corrected chi connectivity index (χ0v) is 8.27. The number of hydrogen-bond acceptors (Lipinski definition) is 3. The number of benzene rings is 1. The van der Waals surface area contributed by atoms with Crippen molar-refractivity contribution in [1.29, 1.82) is 5.26 Å². The predicted octanol–water partition coefficient (Wildman–Crippen LogP) is 1.44. The molecule has 0 aromatic heterocycles. The molecule has 1 aromatic rings. The molecule has 1 atom stereocenters. The van der Waals surface area contributed by atoms with E-state index in [1.165, 1.54) is 0 Å². The molecule has 0 radical (unpaired) electrons. The fourth-order valence-corrected chi connectivity index (χ4v) is 1.90. The van der Waals surface area contributed by atoms with Gasteiger partial charge in [0.2, 0.25) is 0 Å². The van der Waals surface area contributed by atoms with Gasteiger partial charge >= 0.3 is 5.97 Å². The monoisotopic (exact) mass is 202 g/mol. The second kappa shape index (κ2) is 3.28. The van der Waals surface area contributed by atoms with Crippen molar-refractivity contribution in [1.82, 2.24) is 0 Å². The molecule has 0 bridgehead atoms. The van der Waals surface area contributed by atoms with Gasteiger partial charge in [-0.05, 0) is 23.8 Å². The van der Waals surface area contributed by atoms with E-state index in [0.717, 1.165) is 11.3 Å². The Morgan fingerprint density at radius 3 is 3.00 bits per heavy atom. The van der Waals surface area contributed by atoms with Gasteiger partial charge in [-0.1, -0.05) is 0 Å². The van der Waals surface area contributed by atoms with E-state index >= 15 is 0 Å². The van der Waals surface area contributed by atoms with E-state index < -0.39 is 5.97 Å². The molecule has 1 heterocycles. The van der Waals surface area contributed by atoms with Crippen molar-refractivity contribution >= 4 is 11.7 Å². The third kappa shape index (κ3) is 1.42. The lowest BCUT2D eigenvalue weighted by Crippen LogP contribution is -2.14. The van der Waals surface area contributed by atoms with Gasteiger partial charge in [-0.15, -0.1) is 0 Å². The highest BCUT2D eigenvalue weighted by Gasteiger charge is 2.26. The molecular formula is C11H10N2O2. The molecule has 1 aliphatic heterocycles. The lowest BCUT2D eigenvalue weighted by atomic mass is 10.0. The van der Waals surface area contributed by atoms with Gasteiger partial charge in [0.05, 0.1) is 17.6 Å². The average Bonchev–Trinajstić information content (AvgIpc) is 2.55. The summed E-state index contributed by atoms with van der Waals surface area (Å²) in [5, 5.41) is 17.8. The van der Waals surface area contributed by atoms with Gasteiger partial charge in [0.25, 0.3) is 0 Å². The predicted molar refractivity (Wildman–Crippen MR) is 55.0 cm³/mol. The van der Waals surface area contributed by atoms with Crippen LogP contribution >= 0.6 is 0 Å². The maximum Gasteiger partial charge on any atom is 0.335 e. The smallest absolute Gasteiger partial charge is 0.335 e. The molecule has 1 unspecified atom stereocenters. The molecule has 0 saturated heterocycles. The molecule has 15 heavy (non-hydrogen) atoms. The fraction of sp³-hybridized carbons (Fsp3) is 0.273. The highest BCUT2D eigenvalue weighted by molar-refractivity contribution is 5.89. The summed E-state index contributed by atoms with van der Waals surface area (Å²) in [7, 11) is 1.90. The van der Waals surface area contributed by atoms with Crippen LogP contribution in [0.15, 0.2) is 18.2 Å². The van der Waals surface area contributed by atoms with Gasteiger partial charge in [-0.2, -0.15) is 5.26 Å². The van der Waals surface area contributed by atoms with Gasteiger partial charge < -0.3 is 10.0 Å². The van der Waals surface area contributed by atoms with E-state index in [2.05, 4.69) is 6.07 Å². The summed E-state index contributed by atoms with van der Waals surface area (Å²) in [6.07, 6.45) is 0. The molecule has 2 rings (SSSR count). The molecule has 4 heteroatoms. The molecule has 0 amide bonds. The Morgan fingerprint density at radius 1 is 1.67 bits per heavy atom. The van der Waals surface area contributed by atoms with Crippen molar-refractivity contribution in [3.8, 4) is 6.07 Å². The summed E-state index contributed by atoms with van der Waals surface area (Å²) in [6, 6.07) is 7.10. The summed E-state index contributed by atoms with van der Waals surface area (Å²) in [6.45, 7) is 0.634. The van der Waals surface area contributed by atoms with E-state index in [0.29, 0.717) is 6.54 Å². The molecule has 0 fully saturated rings. The average molecular weight is 202 g/mol. The number of nitrogens with zero attached hydrogens (tertiary/aromatic N) is 2. The van der Waals surface area contributed by atoms with Crippen LogP contribution in [0.5, 0.6) is 0 Å². The zero-order chi connectivity index (χ0) is 11.0. The first-order valence-corrected chi connectivity index (χ1v) is 4.61. The number of anilines is 1. The third-order valence-electron chi connectivity index (χ3n) is 2.67. The Bertz CT molecular complexity index is 462. The fourth-order valence-electron chi connectivity index (χ4n) is 1.90. The second-order valence-electron chi connectivity index (χ2n) is 3.64. The van der Waals surface area contributed by atoms with E-state index in [4.69, 9.17) is 10.4 Å². The number of rotatable bonds is 1. The van der Waals surface area contributed by atoms with Crippen LogP contribution in [-0.4, -0.2) is 24.7 Å². The summed E-state index contributed by atoms with van der Waals surface area (Å²) >= 11 is 0. The number of fused-ring (bicyclic) bond motifs is 1. The van der Waals surface area contributed by atoms with Gasteiger partial charge in [0.1, 0.15) is 0 Å². The van der Waals surface area contributed by atoms with E-state index in [1.807, 2.05) is 11.9 Å². The van der Waals surface area contributed by atoms with Crippen LogP contribution in [0.2, 0.25) is 0 Å². The molecule has 0 aliphatic carbocycles. The van der Waals surface area contributed by atoms with Crippen LogP contribution in [0.1, 0.15) is 21.8 Å². The summed E-state index contributed by atoms with van der Waals surface area (Å²) in [5.74, 6) is -1.17. The molecule has 76 valence electrons. The molecule has 4 nitrogen and oxygen atoms in total. The normalized spacial score (nSPS) is 18.4. The van der Waals surface area contributed by atoms with Crippen LogP contribution in [0.25, 0.3) is 0 Å². The van der Waals surface area contributed by atoms with Gasteiger partial charge in [-0.25, -0.2) is 4.79 Å². The topological polar surface area (TPSA) is 64.3 Å². The van der Waals surface area contributed by atoms with Gasteiger partial charge in [0, 0.05) is 19.3 Å². The molecule has 0 saturated carbocycles. The first kappa shape index (κ1) is 9.53. The largest absolute Gasteiger partial charge is 0.478 e. The number of nitriles is 1. The number of likely N-dealkylation sites (N-methyl/N-ethyl adjacent to an activating group) is 1. The van der Waals surface area contributed by atoms with Crippen LogP contribution in [-0.2, 0) is 0 Å². The summed E-state index contributed by atoms with van der Waals surface area (Å²) in [4.78, 5) is 12.7. The highest BCUT2D eigenvalue weighted by Crippen LogP contribution is 2.35. The number of carboxylic acid groups (broad SMARTS) is 1. The van der Waals surface area contributed by atoms with Crippen molar-refractivity contribution in [2.24, 2.45) is 0 Å². The molecule has 0 spiro atoms. The van der Waals surface area contributed by atoms with Crippen molar-refractivity contribution in [3.05, 3.63) is 29.3 Å². The standard InChI is InChI=1S/C11H10N2O2/c1-13-6-8(5-12)9-4-7(11(14)15)2-3-10(9)13/h2-4,8H,6H2,1H3,(H,14,15). The summed E-state index contributed by atoms with van der Waals surface area (Å²) in [5.41, 5.74) is 2.01. The molecule has 1 aliphatic rings. The Hall–Kier alpha value is -2.02. The van der Waals surface area contributed by atoms with Crippen LogP contribution in [0, 0.1) is 11.3 Å². The maximum absolute atomic E-state index is 10.8. The Kier molecular flexibility index (Phi) is 2.09. The first-order chi connectivity index (χ1) is 7.13. The number of aromatic carboxylic acids is 1. The second-order valence-corrected chi connectivity index (χ2v) is 3.64. The van der Waals surface area contributed by atoms with E-state index in [9.17, 15) is 4.79 Å². The highest BCUT2D eigenvalue weighted by atomic mass is 16.4. The number of carbonyl (C=O) groups is 1. The minimum atomic E-state index is -0.955. The first-order valence-electron chi connectivity index (χ1n) is 4.61. The van der Waals surface area contributed by atoms with Crippen molar-refractivity contribution < 1.29 is 9.90 Å². The lowest BCUT2D eigenvalue weighted by molar-refractivity contribution is 0.0697. The number of carboxylic acids is 1. The SMILES string of the molecule is CN1CC(C#N)c2cc(C(=O)O)ccc21. The molecule has 1 N–H and O–H groups in total. The Morgan fingerprint density at radius 2 is 2.40 bits per heavy atom. The van der Waals surface area contributed by atoms with Gasteiger partial charge in [-0.3, -0.25) is 0 Å². The maximum atomic E-state index is 10.8. The Labute approximate surface area is 87.4 Å². The molecule has 1 aromatic carbocycles. The lowest BCUT2D eigenvalue weighted by Gasteiger charge is -2.10. The zero-order valence-electron chi connectivity index (χ0n) is 8.27. The third-order valence-corrected chi connectivity index (χ3v) is 2.67. The van der Waals surface area contributed by atoms with Crippen LogP contribution < -0.4 is 4.90 Å². The minimum absolute atomic E-state index is 0.218. The number of hydrogen-bond donors (Lipinski definition) is 1. The van der Waals surface area contributed by atoms with Crippen molar-refractivity contribution in [2.75, 3.05) is 18.5 Å². The minimum Gasteiger partial charge on any atom is -0.478 e. The Balaban J connectivity index is 2.52. The summed E-state index contributed by atoms with van der Waals surface area (Å²) < 4.78 is 0. The van der Waals surface area contributed by atoms with Crippen molar-refractivity contribution in [2.45, 2.75) is 5.92 Å². The van der Waals surface area contributed by atoms with Crippen LogP contribution in [0.4, 0.5) is 5.69 Å².